The Bertz CT molecular complexity index is 494. The molecule has 104 valence electrons. The molecule has 0 spiro atoms. The Balaban J connectivity index is 2.87. The smallest absolute Gasteiger partial charge is 0.323 e. The Morgan fingerprint density at radius 3 is 2.63 bits per heavy atom. The van der Waals surface area contributed by atoms with Gasteiger partial charge in [-0.2, -0.15) is 0 Å². The summed E-state index contributed by atoms with van der Waals surface area (Å²) in [6.07, 6.45) is 0. The Kier molecular flexibility index (Phi) is 6.05. The van der Waals surface area contributed by atoms with E-state index in [0.717, 1.165) is 8.04 Å². The Morgan fingerprint density at radius 1 is 1.47 bits per heavy atom. The predicted molar refractivity (Wildman–Crippen MR) is 85.4 cm³/mol. The number of benzene rings is 1. The fraction of sp³-hybridized carbons (Fsp3) is 0.333. The van der Waals surface area contributed by atoms with E-state index in [9.17, 15) is 9.59 Å². The molecule has 2 amide bonds. The highest BCUT2D eigenvalue weighted by atomic mass is 127. The van der Waals surface area contributed by atoms with Crippen molar-refractivity contribution in [1.82, 2.24) is 4.90 Å². The SMILES string of the molecule is CC(C)N(CC(=O)O)C(=O)Nc1cc(Br)ccc1I. The van der Waals surface area contributed by atoms with Crippen molar-refractivity contribution >= 4 is 56.2 Å². The maximum atomic E-state index is 12.1. The van der Waals surface area contributed by atoms with Crippen molar-refractivity contribution in [2.75, 3.05) is 11.9 Å². The monoisotopic (exact) mass is 440 g/mol. The molecule has 2 N–H and O–H groups in total. The molecule has 1 aromatic carbocycles. The summed E-state index contributed by atoms with van der Waals surface area (Å²) in [6, 6.07) is 4.89. The third kappa shape index (κ3) is 4.98. The van der Waals surface area contributed by atoms with Gasteiger partial charge in [-0.3, -0.25) is 4.79 Å². The number of rotatable bonds is 4. The van der Waals surface area contributed by atoms with Crippen LogP contribution in [0.15, 0.2) is 22.7 Å². The fourth-order valence-corrected chi connectivity index (χ4v) is 2.25. The Labute approximate surface area is 133 Å². The number of anilines is 1. The number of halogens is 2. The molecule has 0 bridgehead atoms. The quantitative estimate of drug-likeness (QED) is 0.705. The lowest BCUT2D eigenvalue weighted by Gasteiger charge is -2.25. The number of carboxylic acids is 1. The normalized spacial score (nSPS) is 10.4. The average molecular weight is 441 g/mol. The summed E-state index contributed by atoms with van der Waals surface area (Å²) in [5, 5.41) is 11.5. The molecule has 0 aliphatic heterocycles. The number of carbonyl (C=O) groups is 2. The van der Waals surface area contributed by atoms with Gasteiger partial charge in [-0.15, -0.1) is 0 Å². The molecule has 0 saturated carbocycles. The van der Waals surface area contributed by atoms with E-state index >= 15 is 0 Å². The molecule has 1 aromatic rings. The number of carbonyl (C=O) groups excluding carboxylic acids is 1. The van der Waals surface area contributed by atoms with Crippen LogP contribution in [0.2, 0.25) is 0 Å². The molecule has 0 radical (unpaired) electrons. The summed E-state index contributed by atoms with van der Waals surface area (Å²) in [5.74, 6) is -1.03. The van der Waals surface area contributed by atoms with Gasteiger partial charge in [-0.25, -0.2) is 4.79 Å². The highest BCUT2D eigenvalue weighted by Gasteiger charge is 2.20. The minimum atomic E-state index is -1.03. The Morgan fingerprint density at radius 2 is 2.11 bits per heavy atom. The number of urea groups is 1. The van der Waals surface area contributed by atoms with Crippen LogP contribution in [0.4, 0.5) is 10.5 Å². The van der Waals surface area contributed by atoms with Crippen LogP contribution in [0.3, 0.4) is 0 Å². The number of nitrogens with zero attached hydrogens (tertiary/aromatic N) is 1. The van der Waals surface area contributed by atoms with E-state index in [4.69, 9.17) is 5.11 Å². The highest BCUT2D eigenvalue weighted by Crippen LogP contribution is 2.23. The van der Waals surface area contributed by atoms with Gasteiger partial charge in [0.15, 0.2) is 0 Å². The zero-order valence-electron chi connectivity index (χ0n) is 10.5. The van der Waals surface area contributed by atoms with Crippen molar-refractivity contribution < 1.29 is 14.7 Å². The van der Waals surface area contributed by atoms with Crippen molar-refractivity contribution in [3.05, 3.63) is 26.2 Å². The zero-order valence-corrected chi connectivity index (χ0v) is 14.2. The lowest BCUT2D eigenvalue weighted by Crippen LogP contribution is -2.43. The first-order chi connectivity index (χ1) is 8.81. The van der Waals surface area contributed by atoms with Gasteiger partial charge in [0.2, 0.25) is 0 Å². The van der Waals surface area contributed by atoms with Gasteiger partial charge >= 0.3 is 12.0 Å². The molecular weight excluding hydrogens is 427 g/mol. The number of hydrogen-bond acceptors (Lipinski definition) is 2. The zero-order chi connectivity index (χ0) is 14.6. The molecule has 0 aliphatic rings. The maximum absolute atomic E-state index is 12.1. The number of carboxylic acid groups (broad SMARTS) is 1. The molecule has 1 rings (SSSR count). The van der Waals surface area contributed by atoms with Crippen molar-refractivity contribution in [2.45, 2.75) is 19.9 Å². The van der Waals surface area contributed by atoms with Gasteiger partial charge < -0.3 is 15.3 Å². The molecule has 19 heavy (non-hydrogen) atoms. The van der Waals surface area contributed by atoms with Crippen LogP contribution in [-0.2, 0) is 4.79 Å². The first-order valence-electron chi connectivity index (χ1n) is 5.55. The highest BCUT2D eigenvalue weighted by molar-refractivity contribution is 14.1. The number of amides is 2. The van der Waals surface area contributed by atoms with E-state index in [0.29, 0.717) is 5.69 Å². The Hall–Kier alpha value is -0.830. The van der Waals surface area contributed by atoms with Crippen molar-refractivity contribution in [1.29, 1.82) is 0 Å². The van der Waals surface area contributed by atoms with Gasteiger partial charge in [0, 0.05) is 14.1 Å². The second kappa shape index (κ2) is 7.09. The minimum absolute atomic E-state index is 0.194. The molecule has 0 aromatic heterocycles. The molecule has 0 unspecified atom stereocenters. The van der Waals surface area contributed by atoms with E-state index in [-0.39, 0.29) is 12.6 Å². The van der Waals surface area contributed by atoms with Crippen molar-refractivity contribution in [2.24, 2.45) is 0 Å². The van der Waals surface area contributed by atoms with Gasteiger partial charge in [0.25, 0.3) is 0 Å². The maximum Gasteiger partial charge on any atom is 0.323 e. The first kappa shape index (κ1) is 16.2. The van der Waals surface area contributed by atoms with Crippen molar-refractivity contribution in [3.8, 4) is 0 Å². The van der Waals surface area contributed by atoms with E-state index in [1.807, 2.05) is 12.1 Å². The summed E-state index contributed by atoms with van der Waals surface area (Å²) in [5.41, 5.74) is 0.649. The van der Waals surface area contributed by atoms with Gasteiger partial charge in [0.1, 0.15) is 6.54 Å². The molecule has 7 heteroatoms. The summed E-state index contributed by atoms with van der Waals surface area (Å²) in [4.78, 5) is 24.1. The average Bonchev–Trinajstić information content (AvgIpc) is 2.30. The molecule has 0 atom stereocenters. The third-order valence-corrected chi connectivity index (χ3v) is 3.79. The van der Waals surface area contributed by atoms with Crippen LogP contribution in [0, 0.1) is 3.57 Å². The van der Waals surface area contributed by atoms with Crippen molar-refractivity contribution in [3.63, 3.8) is 0 Å². The third-order valence-electron chi connectivity index (χ3n) is 2.36. The molecular formula is C12H14BrIN2O3. The number of nitrogens with one attached hydrogen (secondary N) is 1. The van der Waals surface area contributed by atoms with Crippen LogP contribution < -0.4 is 5.32 Å². The van der Waals surface area contributed by atoms with Gasteiger partial charge in [-0.1, -0.05) is 15.9 Å². The second-order valence-electron chi connectivity index (χ2n) is 4.17. The van der Waals surface area contributed by atoms with E-state index in [2.05, 4.69) is 43.8 Å². The van der Waals surface area contributed by atoms with Crippen LogP contribution in [0.5, 0.6) is 0 Å². The minimum Gasteiger partial charge on any atom is -0.480 e. The lowest BCUT2D eigenvalue weighted by atomic mass is 10.3. The van der Waals surface area contributed by atoms with E-state index in [1.54, 1.807) is 19.9 Å². The first-order valence-corrected chi connectivity index (χ1v) is 7.43. The number of hydrogen-bond donors (Lipinski definition) is 2. The predicted octanol–water partition coefficient (Wildman–Crippen LogP) is 3.38. The molecule has 0 heterocycles. The summed E-state index contributed by atoms with van der Waals surface area (Å²) in [6.45, 7) is 3.22. The molecule has 5 nitrogen and oxygen atoms in total. The lowest BCUT2D eigenvalue weighted by molar-refractivity contribution is -0.137. The van der Waals surface area contributed by atoms with E-state index in [1.165, 1.54) is 4.90 Å². The van der Waals surface area contributed by atoms with E-state index < -0.39 is 12.0 Å². The van der Waals surface area contributed by atoms with Crippen LogP contribution in [-0.4, -0.2) is 34.6 Å². The molecule has 0 fully saturated rings. The second-order valence-corrected chi connectivity index (χ2v) is 6.25. The standard InChI is InChI=1S/C12H14BrIN2O3/c1-7(2)16(6-11(17)18)12(19)15-10-5-8(13)3-4-9(10)14/h3-5,7H,6H2,1-2H3,(H,15,19)(H,17,18). The molecule has 0 saturated heterocycles. The summed E-state index contributed by atoms with van der Waals surface area (Å²) in [7, 11) is 0. The van der Waals surface area contributed by atoms with Crippen LogP contribution in [0.1, 0.15) is 13.8 Å². The summed E-state index contributed by atoms with van der Waals surface area (Å²) >= 11 is 5.44. The van der Waals surface area contributed by atoms with Gasteiger partial charge in [-0.05, 0) is 54.6 Å². The summed E-state index contributed by atoms with van der Waals surface area (Å²) < 4.78 is 1.73. The molecule has 0 aliphatic carbocycles. The number of aliphatic carboxylic acids is 1. The van der Waals surface area contributed by atoms with Crippen LogP contribution >= 0.6 is 38.5 Å². The largest absolute Gasteiger partial charge is 0.480 e. The fourth-order valence-electron chi connectivity index (χ4n) is 1.41. The topological polar surface area (TPSA) is 69.6 Å². The van der Waals surface area contributed by atoms with Crippen LogP contribution in [0.25, 0.3) is 0 Å². The van der Waals surface area contributed by atoms with Gasteiger partial charge in [0.05, 0.1) is 5.69 Å².